The van der Waals surface area contributed by atoms with Gasteiger partial charge in [-0.1, -0.05) is 0 Å². The lowest BCUT2D eigenvalue weighted by atomic mass is 10.0. The van der Waals surface area contributed by atoms with E-state index in [0.717, 1.165) is 4.57 Å². The number of hydrogen-bond acceptors (Lipinski definition) is 8. The first-order valence-corrected chi connectivity index (χ1v) is 6.35. The van der Waals surface area contributed by atoms with Crippen LogP contribution in [0.1, 0.15) is 6.92 Å². The van der Waals surface area contributed by atoms with Gasteiger partial charge in [0, 0.05) is 6.20 Å². The molecule has 3 rings (SSSR count). The van der Waals surface area contributed by atoms with Crippen LogP contribution in [0.2, 0.25) is 0 Å². The summed E-state index contributed by atoms with van der Waals surface area (Å²) in [6.45, 7) is 1.48. The molecule has 2 aliphatic heterocycles. The second-order valence-corrected chi connectivity index (χ2v) is 4.97. The summed E-state index contributed by atoms with van der Waals surface area (Å²) in [6.07, 6.45) is -1.86. The molecule has 112 valence electrons. The predicted octanol–water partition coefficient (Wildman–Crippen LogP) is -1.48. The number of nitriles is 1. The van der Waals surface area contributed by atoms with Crippen molar-refractivity contribution in [3.63, 3.8) is 0 Å². The van der Waals surface area contributed by atoms with Gasteiger partial charge in [0.15, 0.2) is 6.10 Å². The summed E-state index contributed by atoms with van der Waals surface area (Å²) in [4.78, 5) is 15.6. The Morgan fingerprint density at radius 3 is 3.05 bits per heavy atom. The van der Waals surface area contributed by atoms with Crippen molar-refractivity contribution < 1.29 is 19.3 Å². The van der Waals surface area contributed by atoms with Gasteiger partial charge in [0.1, 0.15) is 30.9 Å². The molecule has 0 aromatic carbocycles. The van der Waals surface area contributed by atoms with Crippen LogP contribution in [-0.2, 0) is 19.9 Å². The number of anilines is 1. The second kappa shape index (κ2) is 4.78. The third-order valence-electron chi connectivity index (χ3n) is 3.65. The van der Waals surface area contributed by atoms with Crippen molar-refractivity contribution in [1.29, 1.82) is 5.26 Å². The molecule has 2 aliphatic rings. The molecule has 0 spiro atoms. The van der Waals surface area contributed by atoms with Crippen LogP contribution in [0.4, 0.5) is 5.82 Å². The quantitative estimate of drug-likeness (QED) is 0.675. The third kappa shape index (κ3) is 1.92. The average molecular weight is 294 g/mol. The van der Waals surface area contributed by atoms with E-state index < -0.39 is 35.8 Å². The smallest absolute Gasteiger partial charge is 0.352 e. The zero-order valence-corrected chi connectivity index (χ0v) is 11.2. The molecular weight excluding hydrogens is 280 g/mol. The summed E-state index contributed by atoms with van der Waals surface area (Å²) in [6, 6.07) is 3.33. The molecule has 3 heterocycles. The van der Waals surface area contributed by atoms with Crippen LogP contribution in [0, 0.1) is 11.3 Å². The van der Waals surface area contributed by atoms with Gasteiger partial charge in [-0.25, -0.2) is 4.79 Å². The van der Waals surface area contributed by atoms with Gasteiger partial charge in [0.05, 0.1) is 6.10 Å². The van der Waals surface area contributed by atoms with E-state index in [0.29, 0.717) is 0 Å². The topological polar surface area (TPSA) is 133 Å². The van der Waals surface area contributed by atoms with E-state index in [-0.39, 0.29) is 12.6 Å². The Balaban J connectivity index is 2.12. The number of aliphatic hydroxyl groups excluding tert-OH is 1. The lowest BCUT2D eigenvalue weighted by Crippen LogP contribution is -2.49. The normalized spacial score (nSPS) is 36.1. The fraction of sp³-hybridized carbons (Fsp3) is 0.583. The Hall–Kier alpha value is -1.99. The zero-order chi connectivity index (χ0) is 15.2. The van der Waals surface area contributed by atoms with Crippen molar-refractivity contribution in [2.24, 2.45) is 0 Å². The predicted molar refractivity (Wildman–Crippen MR) is 67.7 cm³/mol. The maximum Gasteiger partial charge on any atom is 0.352 e. The molecule has 2 fully saturated rings. The van der Waals surface area contributed by atoms with Gasteiger partial charge < -0.3 is 25.1 Å². The standard InChI is InChI=1S/C12H14N4O5/c1-6(17)8-9-10(20-5-19-9)12(4-13,21-8)16-3-2-7(14)15-11(16)18/h2-3,6,8-10,17H,5H2,1H3,(H2,14,15,18)/t6-,8-,9-,10-,12-/m1/s1. The first-order chi connectivity index (χ1) is 9.99. The molecule has 2 saturated heterocycles. The Morgan fingerprint density at radius 2 is 2.43 bits per heavy atom. The largest absolute Gasteiger partial charge is 0.391 e. The van der Waals surface area contributed by atoms with E-state index in [1.54, 1.807) is 0 Å². The number of hydrogen-bond donors (Lipinski definition) is 2. The molecule has 0 amide bonds. The lowest BCUT2D eigenvalue weighted by Gasteiger charge is -2.27. The van der Waals surface area contributed by atoms with Gasteiger partial charge in [-0.05, 0) is 13.0 Å². The molecular formula is C12H14N4O5. The highest BCUT2D eigenvalue weighted by Crippen LogP contribution is 2.42. The maximum atomic E-state index is 12.0. The summed E-state index contributed by atoms with van der Waals surface area (Å²) in [5.74, 6) is 0.0366. The Labute approximate surface area is 119 Å². The van der Waals surface area contributed by atoms with Crippen LogP contribution in [0.25, 0.3) is 0 Å². The first kappa shape index (κ1) is 14.0. The fourth-order valence-electron chi connectivity index (χ4n) is 2.70. The molecule has 1 aromatic heterocycles. The van der Waals surface area contributed by atoms with Gasteiger partial charge in [0.2, 0.25) is 0 Å². The summed E-state index contributed by atoms with van der Waals surface area (Å²) in [5.41, 5.74) is 2.96. The van der Waals surface area contributed by atoms with E-state index in [1.807, 2.05) is 6.07 Å². The summed E-state index contributed by atoms with van der Waals surface area (Å²) < 4.78 is 17.4. The molecule has 0 aliphatic carbocycles. The molecule has 3 N–H and O–H groups in total. The molecule has 0 saturated carbocycles. The van der Waals surface area contributed by atoms with Crippen molar-refractivity contribution >= 4 is 5.82 Å². The average Bonchev–Trinajstić information content (AvgIpc) is 3.00. The minimum absolute atomic E-state index is 0.0366. The van der Waals surface area contributed by atoms with E-state index >= 15 is 0 Å². The van der Waals surface area contributed by atoms with Crippen molar-refractivity contribution in [2.75, 3.05) is 12.5 Å². The molecule has 0 bridgehead atoms. The van der Waals surface area contributed by atoms with Crippen molar-refractivity contribution in [3.05, 3.63) is 22.7 Å². The van der Waals surface area contributed by atoms with Crippen LogP contribution >= 0.6 is 0 Å². The van der Waals surface area contributed by atoms with Gasteiger partial charge >= 0.3 is 5.69 Å². The minimum Gasteiger partial charge on any atom is -0.391 e. The molecule has 5 atom stereocenters. The maximum absolute atomic E-state index is 12.0. The first-order valence-electron chi connectivity index (χ1n) is 6.35. The van der Waals surface area contributed by atoms with Gasteiger partial charge in [0.25, 0.3) is 5.72 Å². The number of nitrogens with zero attached hydrogens (tertiary/aromatic N) is 3. The molecule has 0 radical (unpaired) electrons. The monoisotopic (exact) mass is 294 g/mol. The van der Waals surface area contributed by atoms with E-state index in [1.165, 1.54) is 19.2 Å². The number of rotatable bonds is 2. The van der Waals surface area contributed by atoms with Crippen LogP contribution < -0.4 is 11.4 Å². The molecule has 21 heavy (non-hydrogen) atoms. The van der Waals surface area contributed by atoms with Crippen LogP contribution in [-0.4, -0.2) is 45.9 Å². The second-order valence-electron chi connectivity index (χ2n) is 4.97. The Morgan fingerprint density at radius 1 is 1.67 bits per heavy atom. The van der Waals surface area contributed by atoms with Crippen molar-refractivity contribution in [1.82, 2.24) is 9.55 Å². The van der Waals surface area contributed by atoms with Crippen LogP contribution in [0.3, 0.4) is 0 Å². The van der Waals surface area contributed by atoms with Crippen molar-refractivity contribution in [2.45, 2.75) is 37.1 Å². The molecule has 0 unspecified atom stereocenters. The highest BCUT2D eigenvalue weighted by molar-refractivity contribution is 5.25. The third-order valence-corrected chi connectivity index (χ3v) is 3.65. The van der Waals surface area contributed by atoms with Crippen LogP contribution in [0.5, 0.6) is 0 Å². The van der Waals surface area contributed by atoms with Gasteiger partial charge in [-0.3, -0.25) is 4.57 Å². The number of aromatic nitrogens is 2. The highest BCUT2D eigenvalue weighted by atomic mass is 16.7. The highest BCUT2D eigenvalue weighted by Gasteiger charge is 2.62. The summed E-state index contributed by atoms with van der Waals surface area (Å²) in [5, 5.41) is 19.4. The lowest BCUT2D eigenvalue weighted by molar-refractivity contribution is -0.161. The van der Waals surface area contributed by atoms with E-state index in [9.17, 15) is 15.2 Å². The number of fused-ring (bicyclic) bond motifs is 1. The van der Waals surface area contributed by atoms with E-state index in [2.05, 4.69) is 4.98 Å². The number of aliphatic hydroxyl groups is 1. The Kier molecular flexibility index (Phi) is 3.18. The minimum atomic E-state index is -1.75. The summed E-state index contributed by atoms with van der Waals surface area (Å²) in [7, 11) is 0. The number of nitrogen functional groups attached to an aromatic ring is 1. The van der Waals surface area contributed by atoms with Crippen LogP contribution in [0.15, 0.2) is 17.1 Å². The SMILES string of the molecule is C[C@@H](O)[C@H]1O[C@@](C#N)(n2ccc(N)nc2=O)[C@@H]2OCO[C@H]12. The van der Waals surface area contributed by atoms with Gasteiger partial charge in [-0.15, -0.1) is 0 Å². The Bertz CT molecular complexity index is 654. The fourth-order valence-corrected chi connectivity index (χ4v) is 2.70. The van der Waals surface area contributed by atoms with Gasteiger partial charge in [-0.2, -0.15) is 10.2 Å². The molecule has 9 nitrogen and oxygen atoms in total. The molecule has 1 aromatic rings. The number of nitrogens with two attached hydrogens (primary N) is 1. The van der Waals surface area contributed by atoms with Crippen molar-refractivity contribution in [3.8, 4) is 6.07 Å². The molecule has 9 heteroatoms. The number of ether oxygens (including phenoxy) is 3. The zero-order valence-electron chi connectivity index (χ0n) is 11.2. The van der Waals surface area contributed by atoms with E-state index in [4.69, 9.17) is 19.9 Å². The summed E-state index contributed by atoms with van der Waals surface area (Å²) >= 11 is 0.